The van der Waals surface area contributed by atoms with Crippen molar-refractivity contribution in [1.82, 2.24) is 0 Å². The van der Waals surface area contributed by atoms with Gasteiger partial charge in [0.1, 0.15) is 11.5 Å². The maximum absolute atomic E-state index is 13.0. The molecule has 140 valence electrons. The van der Waals surface area contributed by atoms with Gasteiger partial charge in [-0.25, -0.2) is 0 Å². The Morgan fingerprint density at radius 3 is 2.26 bits per heavy atom. The number of rotatable bonds is 7. The minimum absolute atomic E-state index is 0.0166. The van der Waals surface area contributed by atoms with Gasteiger partial charge in [-0.05, 0) is 55.0 Å². The fourth-order valence-electron chi connectivity index (χ4n) is 3.50. The molecule has 0 amide bonds. The first-order valence-electron chi connectivity index (χ1n) is 9.18. The smallest absolute Gasteiger partial charge is 0.189 e. The molecule has 1 atom stereocenters. The van der Waals surface area contributed by atoms with E-state index in [1.165, 1.54) is 0 Å². The number of hydrogen-bond acceptors (Lipinski definition) is 4. The zero-order chi connectivity index (χ0) is 19.2. The highest BCUT2D eigenvalue weighted by atomic mass is 16.5. The first-order chi connectivity index (χ1) is 13.1. The number of ketones is 2. The number of hydrogen-bond donors (Lipinski definition) is 0. The first-order valence-corrected chi connectivity index (χ1v) is 9.18. The zero-order valence-corrected chi connectivity index (χ0v) is 15.7. The number of Topliss-reactive ketones (excluding diaryl/α,β-unsaturated/α-hetero) is 2. The molecule has 3 rings (SSSR count). The molecular formula is C23H24O4. The van der Waals surface area contributed by atoms with Crippen LogP contribution < -0.4 is 9.47 Å². The Bertz CT molecular complexity index is 866. The summed E-state index contributed by atoms with van der Waals surface area (Å²) in [6, 6.07) is 14.3. The zero-order valence-electron chi connectivity index (χ0n) is 15.7. The van der Waals surface area contributed by atoms with Crippen LogP contribution in [0, 0.1) is 5.92 Å². The van der Waals surface area contributed by atoms with Gasteiger partial charge in [0.15, 0.2) is 11.6 Å². The Kier molecular flexibility index (Phi) is 6.07. The Morgan fingerprint density at radius 2 is 1.59 bits per heavy atom. The lowest BCUT2D eigenvalue weighted by molar-refractivity contribution is 0.0953. The van der Waals surface area contributed by atoms with E-state index in [9.17, 15) is 9.59 Å². The highest BCUT2D eigenvalue weighted by Crippen LogP contribution is 2.32. The van der Waals surface area contributed by atoms with Crippen LogP contribution in [-0.2, 0) is 0 Å². The predicted molar refractivity (Wildman–Crippen MR) is 105 cm³/mol. The fourth-order valence-corrected chi connectivity index (χ4v) is 3.50. The molecule has 1 aliphatic rings. The number of carbonyl (C=O) groups is 2. The molecule has 0 saturated carbocycles. The first kappa shape index (κ1) is 18.9. The van der Waals surface area contributed by atoms with Crippen molar-refractivity contribution in [2.75, 3.05) is 14.2 Å². The van der Waals surface area contributed by atoms with Crippen LogP contribution in [0.1, 0.15) is 46.4 Å². The van der Waals surface area contributed by atoms with E-state index in [1.54, 1.807) is 38.5 Å². The van der Waals surface area contributed by atoms with Gasteiger partial charge in [-0.15, -0.1) is 0 Å². The lowest BCUT2D eigenvalue weighted by Gasteiger charge is -2.23. The Labute approximate surface area is 159 Å². The number of benzene rings is 2. The summed E-state index contributed by atoms with van der Waals surface area (Å²) < 4.78 is 10.4. The fraction of sp³-hybridized carbons (Fsp3) is 0.304. The van der Waals surface area contributed by atoms with E-state index in [0.29, 0.717) is 29.0 Å². The Balaban J connectivity index is 1.79. The summed E-state index contributed by atoms with van der Waals surface area (Å²) in [5.41, 5.74) is 1.96. The largest absolute Gasteiger partial charge is 0.497 e. The third kappa shape index (κ3) is 4.45. The lowest BCUT2D eigenvalue weighted by atomic mass is 9.80. The monoisotopic (exact) mass is 364 g/mol. The van der Waals surface area contributed by atoms with Crippen LogP contribution in [0.2, 0.25) is 0 Å². The summed E-state index contributed by atoms with van der Waals surface area (Å²) in [5.74, 6) is 1.27. The maximum Gasteiger partial charge on any atom is 0.189 e. The highest BCUT2D eigenvalue weighted by Gasteiger charge is 2.27. The summed E-state index contributed by atoms with van der Waals surface area (Å²) >= 11 is 0. The summed E-state index contributed by atoms with van der Waals surface area (Å²) in [5, 5.41) is 0. The molecule has 0 unspecified atom stereocenters. The van der Waals surface area contributed by atoms with E-state index >= 15 is 0 Å². The second-order valence-corrected chi connectivity index (χ2v) is 6.71. The molecule has 0 radical (unpaired) electrons. The Hall–Kier alpha value is -2.88. The predicted octanol–water partition coefficient (Wildman–Crippen LogP) is 4.89. The normalized spacial score (nSPS) is 16.4. The SMILES string of the molecule is COc1cccc(C(=O)C[C@H]2CCCC=C2C(=O)c2cccc(OC)c2)c1. The van der Waals surface area contributed by atoms with Crippen molar-refractivity contribution in [3.05, 3.63) is 71.3 Å². The molecule has 27 heavy (non-hydrogen) atoms. The number of carbonyl (C=O) groups excluding carboxylic acids is 2. The molecular weight excluding hydrogens is 340 g/mol. The van der Waals surface area contributed by atoms with Gasteiger partial charge in [0.25, 0.3) is 0 Å². The molecule has 0 aromatic heterocycles. The van der Waals surface area contributed by atoms with Gasteiger partial charge < -0.3 is 9.47 Å². The molecule has 0 heterocycles. The van der Waals surface area contributed by atoms with E-state index in [0.717, 1.165) is 24.8 Å². The quantitative estimate of drug-likeness (QED) is 0.657. The maximum atomic E-state index is 13.0. The molecule has 2 aromatic carbocycles. The Morgan fingerprint density at radius 1 is 0.963 bits per heavy atom. The van der Waals surface area contributed by atoms with E-state index in [2.05, 4.69) is 0 Å². The van der Waals surface area contributed by atoms with Crippen LogP contribution >= 0.6 is 0 Å². The molecule has 0 bridgehead atoms. The van der Waals surface area contributed by atoms with Crippen LogP contribution in [0.3, 0.4) is 0 Å². The van der Waals surface area contributed by atoms with Crippen molar-refractivity contribution >= 4 is 11.6 Å². The third-order valence-electron chi connectivity index (χ3n) is 4.98. The van der Waals surface area contributed by atoms with Crippen LogP contribution in [0.5, 0.6) is 11.5 Å². The molecule has 2 aromatic rings. The van der Waals surface area contributed by atoms with Crippen molar-refractivity contribution in [3.63, 3.8) is 0 Å². The molecule has 0 fully saturated rings. The lowest BCUT2D eigenvalue weighted by Crippen LogP contribution is -2.20. The van der Waals surface area contributed by atoms with Gasteiger partial charge in [-0.2, -0.15) is 0 Å². The van der Waals surface area contributed by atoms with Gasteiger partial charge >= 0.3 is 0 Å². The molecule has 0 spiro atoms. The van der Waals surface area contributed by atoms with Crippen molar-refractivity contribution in [1.29, 1.82) is 0 Å². The summed E-state index contributed by atoms with van der Waals surface area (Å²) in [6.07, 6.45) is 5.03. The van der Waals surface area contributed by atoms with E-state index in [1.807, 2.05) is 30.3 Å². The van der Waals surface area contributed by atoms with Crippen LogP contribution in [0.15, 0.2) is 60.2 Å². The van der Waals surface area contributed by atoms with Gasteiger partial charge in [-0.3, -0.25) is 9.59 Å². The van der Waals surface area contributed by atoms with Gasteiger partial charge in [0, 0.05) is 17.5 Å². The van der Waals surface area contributed by atoms with Crippen molar-refractivity contribution in [2.24, 2.45) is 5.92 Å². The van der Waals surface area contributed by atoms with Crippen LogP contribution in [-0.4, -0.2) is 25.8 Å². The minimum atomic E-state index is -0.0591. The molecule has 4 nitrogen and oxygen atoms in total. The van der Waals surface area contributed by atoms with Gasteiger partial charge in [0.2, 0.25) is 0 Å². The van der Waals surface area contributed by atoms with E-state index in [-0.39, 0.29) is 17.5 Å². The molecule has 4 heteroatoms. The average molecular weight is 364 g/mol. The standard InChI is InChI=1S/C23H24O4/c1-26-19-10-5-8-17(13-19)22(24)15-16-7-3-4-12-21(16)23(25)18-9-6-11-20(14-18)27-2/h5-6,8-14,16H,3-4,7,15H2,1-2H3/t16-/m1/s1. The van der Waals surface area contributed by atoms with Gasteiger partial charge in [-0.1, -0.05) is 30.3 Å². The molecule has 0 saturated heterocycles. The number of methoxy groups -OCH3 is 2. The van der Waals surface area contributed by atoms with E-state index < -0.39 is 0 Å². The topological polar surface area (TPSA) is 52.6 Å². The second kappa shape index (κ2) is 8.67. The van der Waals surface area contributed by atoms with Crippen LogP contribution in [0.25, 0.3) is 0 Å². The number of allylic oxidation sites excluding steroid dienone is 2. The van der Waals surface area contributed by atoms with Crippen molar-refractivity contribution in [2.45, 2.75) is 25.7 Å². The molecule has 0 N–H and O–H groups in total. The summed E-state index contributed by atoms with van der Waals surface area (Å²) in [4.78, 5) is 25.8. The van der Waals surface area contributed by atoms with Crippen LogP contribution in [0.4, 0.5) is 0 Å². The highest BCUT2D eigenvalue weighted by molar-refractivity contribution is 6.10. The summed E-state index contributed by atoms with van der Waals surface area (Å²) in [7, 11) is 3.16. The second-order valence-electron chi connectivity index (χ2n) is 6.71. The van der Waals surface area contributed by atoms with E-state index in [4.69, 9.17) is 9.47 Å². The summed E-state index contributed by atoms with van der Waals surface area (Å²) in [6.45, 7) is 0. The van der Waals surface area contributed by atoms with Crippen molar-refractivity contribution in [3.8, 4) is 11.5 Å². The molecule has 0 aliphatic heterocycles. The van der Waals surface area contributed by atoms with Gasteiger partial charge in [0.05, 0.1) is 14.2 Å². The minimum Gasteiger partial charge on any atom is -0.497 e. The van der Waals surface area contributed by atoms with Crippen molar-refractivity contribution < 1.29 is 19.1 Å². The average Bonchev–Trinajstić information content (AvgIpc) is 2.73. The number of ether oxygens (including phenoxy) is 2. The third-order valence-corrected chi connectivity index (χ3v) is 4.98. The molecule has 1 aliphatic carbocycles.